The SMILES string of the molecule is CC(=O)N[C@@H](CCCCN1CC(S(=O)(=O)F)CC1=O)C(=O)O. The molecule has 22 heavy (non-hydrogen) atoms. The molecular formula is C12H19FN2O6S. The molecule has 1 rings (SSSR count). The molecule has 0 aliphatic carbocycles. The fraction of sp³-hybridized carbons (Fsp3) is 0.750. The number of carboxylic acid groups (broad SMARTS) is 1. The summed E-state index contributed by atoms with van der Waals surface area (Å²) >= 11 is 0. The van der Waals surface area contributed by atoms with E-state index in [9.17, 15) is 26.7 Å². The highest BCUT2D eigenvalue weighted by molar-refractivity contribution is 7.87. The lowest BCUT2D eigenvalue weighted by Crippen LogP contribution is -2.39. The molecule has 0 radical (unpaired) electrons. The monoisotopic (exact) mass is 338 g/mol. The molecule has 10 heteroatoms. The number of hydrogen-bond donors (Lipinski definition) is 2. The molecule has 1 saturated heterocycles. The first-order valence-corrected chi connectivity index (χ1v) is 8.27. The van der Waals surface area contributed by atoms with Crippen molar-refractivity contribution >= 4 is 28.0 Å². The first-order valence-electron chi connectivity index (χ1n) is 6.82. The van der Waals surface area contributed by atoms with E-state index >= 15 is 0 Å². The molecule has 1 aliphatic rings. The molecule has 1 unspecified atom stereocenters. The Morgan fingerprint density at radius 3 is 2.55 bits per heavy atom. The highest BCUT2D eigenvalue weighted by Gasteiger charge is 2.37. The summed E-state index contributed by atoms with van der Waals surface area (Å²) in [5, 5.41) is 9.89. The van der Waals surface area contributed by atoms with Gasteiger partial charge in [0.1, 0.15) is 11.3 Å². The third-order valence-corrected chi connectivity index (χ3v) is 4.54. The predicted molar refractivity (Wildman–Crippen MR) is 74.1 cm³/mol. The van der Waals surface area contributed by atoms with Gasteiger partial charge in [0, 0.05) is 26.4 Å². The van der Waals surface area contributed by atoms with E-state index in [0.717, 1.165) is 0 Å². The zero-order valence-electron chi connectivity index (χ0n) is 12.1. The third kappa shape index (κ3) is 5.58. The molecule has 1 aliphatic heterocycles. The van der Waals surface area contributed by atoms with Gasteiger partial charge in [-0.25, -0.2) is 4.79 Å². The molecule has 2 atom stereocenters. The maximum Gasteiger partial charge on any atom is 0.326 e. The normalized spacial score (nSPS) is 20.0. The number of aliphatic carboxylic acids is 1. The summed E-state index contributed by atoms with van der Waals surface area (Å²) in [6.45, 7) is 1.28. The van der Waals surface area contributed by atoms with Gasteiger partial charge in [-0.1, -0.05) is 0 Å². The molecule has 1 heterocycles. The number of carboxylic acids is 1. The lowest BCUT2D eigenvalue weighted by molar-refractivity contribution is -0.141. The molecule has 0 saturated carbocycles. The summed E-state index contributed by atoms with van der Waals surface area (Å²) in [6, 6.07) is -0.995. The average molecular weight is 338 g/mol. The predicted octanol–water partition coefficient (Wildman–Crippen LogP) is -0.354. The minimum Gasteiger partial charge on any atom is -0.480 e. The van der Waals surface area contributed by atoms with Crippen LogP contribution in [0.4, 0.5) is 3.89 Å². The van der Waals surface area contributed by atoms with Gasteiger partial charge in [-0.3, -0.25) is 9.59 Å². The van der Waals surface area contributed by atoms with Crippen molar-refractivity contribution in [1.29, 1.82) is 0 Å². The molecule has 126 valence electrons. The Labute approximate surface area is 127 Å². The maximum absolute atomic E-state index is 12.8. The van der Waals surface area contributed by atoms with Gasteiger partial charge >= 0.3 is 16.2 Å². The van der Waals surface area contributed by atoms with Crippen LogP contribution in [-0.2, 0) is 24.6 Å². The first kappa shape index (κ1) is 18.3. The van der Waals surface area contributed by atoms with Crippen LogP contribution in [0.3, 0.4) is 0 Å². The summed E-state index contributed by atoms with van der Waals surface area (Å²) in [6.07, 6.45) is 0.701. The van der Waals surface area contributed by atoms with Crippen LogP contribution in [-0.4, -0.2) is 60.6 Å². The van der Waals surface area contributed by atoms with Crippen LogP contribution < -0.4 is 5.32 Å². The largest absolute Gasteiger partial charge is 0.480 e. The minimum atomic E-state index is -4.72. The van der Waals surface area contributed by atoms with Gasteiger partial charge in [-0.05, 0) is 19.3 Å². The van der Waals surface area contributed by atoms with E-state index in [1.165, 1.54) is 11.8 Å². The lowest BCUT2D eigenvalue weighted by atomic mass is 10.1. The zero-order chi connectivity index (χ0) is 16.9. The number of nitrogens with zero attached hydrogens (tertiary/aromatic N) is 1. The second-order valence-corrected chi connectivity index (χ2v) is 6.85. The molecule has 1 fully saturated rings. The van der Waals surface area contributed by atoms with E-state index < -0.39 is 39.3 Å². The summed E-state index contributed by atoms with van der Waals surface area (Å²) in [7, 11) is -4.72. The van der Waals surface area contributed by atoms with Crippen molar-refractivity contribution in [2.24, 2.45) is 0 Å². The molecule has 2 amide bonds. The number of unbranched alkanes of at least 4 members (excludes halogenated alkanes) is 1. The van der Waals surface area contributed by atoms with Gasteiger partial charge in [-0.2, -0.15) is 8.42 Å². The molecule has 2 N–H and O–H groups in total. The van der Waals surface area contributed by atoms with Crippen LogP contribution in [0.15, 0.2) is 0 Å². The highest BCUT2D eigenvalue weighted by Crippen LogP contribution is 2.20. The van der Waals surface area contributed by atoms with E-state index in [4.69, 9.17) is 5.11 Å². The van der Waals surface area contributed by atoms with Crippen LogP contribution in [0.25, 0.3) is 0 Å². The van der Waals surface area contributed by atoms with Gasteiger partial charge in [0.25, 0.3) is 0 Å². The Balaban J connectivity index is 2.37. The summed E-state index contributed by atoms with van der Waals surface area (Å²) in [4.78, 5) is 34.6. The number of rotatable bonds is 8. The topological polar surface area (TPSA) is 121 Å². The van der Waals surface area contributed by atoms with Crippen LogP contribution in [0.1, 0.15) is 32.6 Å². The highest BCUT2D eigenvalue weighted by atomic mass is 32.3. The summed E-state index contributed by atoms with van der Waals surface area (Å²) < 4.78 is 34.4. The molecule has 0 spiro atoms. The second kappa shape index (κ2) is 7.52. The number of halogens is 1. The number of hydrogen-bond acceptors (Lipinski definition) is 5. The van der Waals surface area contributed by atoms with Crippen LogP contribution in [0.2, 0.25) is 0 Å². The maximum atomic E-state index is 12.8. The minimum absolute atomic E-state index is 0.175. The number of nitrogens with one attached hydrogen (secondary N) is 1. The number of carbonyl (C=O) groups excluding carboxylic acids is 2. The van der Waals surface area contributed by atoms with Crippen molar-refractivity contribution in [3.05, 3.63) is 0 Å². The summed E-state index contributed by atoms with van der Waals surface area (Å²) in [5.74, 6) is -2.02. The van der Waals surface area contributed by atoms with E-state index in [-0.39, 0.29) is 25.9 Å². The summed E-state index contributed by atoms with van der Waals surface area (Å²) in [5.41, 5.74) is 0. The molecule has 8 nitrogen and oxygen atoms in total. The van der Waals surface area contributed by atoms with Crippen molar-refractivity contribution < 1.29 is 31.8 Å². The van der Waals surface area contributed by atoms with Crippen molar-refractivity contribution in [2.75, 3.05) is 13.1 Å². The van der Waals surface area contributed by atoms with Gasteiger partial charge in [0.2, 0.25) is 11.8 Å². The Morgan fingerprint density at radius 1 is 1.45 bits per heavy atom. The number of amides is 2. The quantitative estimate of drug-likeness (QED) is 0.461. The van der Waals surface area contributed by atoms with E-state index in [2.05, 4.69) is 5.32 Å². The second-order valence-electron chi connectivity index (χ2n) is 5.23. The van der Waals surface area contributed by atoms with Crippen molar-refractivity contribution in [2.45, 2.75) is 43.9 Å². The lowest BCUT2D eigenvalue weighted by Gasteiger charge is -2.17. The fourth-order valence-corrected chi connectivity index (χ4v) is 2.99. The van der Waals surface area contributed by atoms with Gasteiger partial charge < -0.3 is 15.3 Å². The van der Waals surface area contributed by atoms with E-state index in [1.807, 2.05) is 0 Å². The first-order chi connectivity index (χ1) is 10.1. The Morgan fingerprint density at radius 2 is 2.09 bits per heavy atom. The van der Waals surface area contributed by atoms with E-state index in [0.29, 0.717) is 12.8 Å². The molecule has 0 aromatic heterocycles. The Kier molecular flexibility index (Phi) is 6.27. The van der Waals surface area contributed by atoms with Crippen molar-refractivity contribution in [3.63, 3.8) is 0 Å². The molecule has 0 aromatic carbocycles. The third-order valence-electron chi connectivity index (χ3n) is 3.42. The molecular weight excluding hydrogens is 319 g/mol. The Hall–Kier alpha value is -1.71. The van der Waals surface area contributed by atoms with Gasteiger partial charge in [0.15, 0.2) is 0 Å². The smallest absolute Gasteiger partial charge is 0.326 e. The standard InChI is InChI=1S/C12H19FN2O6S/c1-8(16)14-10(12(18)19)4-2-3-5-15-7-9(6-11(15)17)22(13,20)21/h9-10H,2-7H2,1H3,(H,14,16)(H,18,19)/t9?,10-/m0/s1. The Bertz CT molecular complexity index is 550. The van der Waals surface area contributed by atoms with Crippen LogP contribution in [0, 0.1) is 0 Å². The number of likely N-dealkylation sites (tertiary alicyclic amines) is 1. The molecule has 0 aromatic rings. The van der Waals surface area contributed by atoms with Crippen LogP contribution in [0.5, 0.6) is 0 Å². The fourth-order valence-electron chi connectivity index (χ4n) is 2.29. The van der Waals surface area contributed by atoms with Crippen molar-refractivity contribution in [3.8, 4) is 0 Å². The van der Waals surface area contributed by atoms with Gasteiger partial charge in [0.05, 0.1) is 0 Å². The molecule has 0 bridgehead atoms. The zero-order valence-corrected chi connectivity index (χ0v) is 12.9. The van der Waals surface area contributed by atoms with Gasteiger partial charge in [-0.15, -0.1) is 3.89 Å². The van der Waals surface area contributed by atoms with Crippen LogP contribution >= 0.6 is 0 Å². The van der Waals surface area contributed by atoms with Crippen molar-refractivity contribution in [1.82, 2.24) is 10.2 Å². The van der Waals surface area contributed by atoms with E-state index in [1.54, 1.807) is 0 Å². The number of carbonyl (C=O) groups is 3. The average Bonchev–Trinajstić information content (AvgIpc) is 2.74.